The van der Waals surface area contributed by atoms with Crippen LogP contribution in [0.2, 0.25) is 0 Å². The van der Waals surface area contributed by atoms with Crippen molar-refractivity contribution in [3.8, 4) is 0 Å². The number of aliphatic hydroxyl groups is 1. The van der Waals surface area contributed by atoms with E-state index in [4.69, 9.17) is 9.84 Å². The molecule has 20 heavy (non-hydrogen) atoms. The maximum Gasteiger partial charge on any atom is 0.239 e. The number of ether oxygens (including phenoxy) is 1. The topological polar surface area (TPSA) is 70.6 Å². The zero-order valence-corrected chi connectivity index (χ0v) is 11.5. The molecule has 110 valence electrons. The van der Waals surface area contributed by atoms with E-state index in [1.54, 1.807) is 0 Å². The van der Waals surface area contributed by atoms with Crippen molar-refractivity contribution in [3.05, 3.63) is 35.9 Å². The van der Waals surface area contributed by atoms with Gasteiger partial charge in [0.1, 0.15) is 6.04 Å². The molecule has 1 heterocycles. The minimum atomic E-state index is -0.269. The Hall–Kier alpha value is -1.43. The number of benzene rings is 1. The minimum absolute atomic E-state index is 0.0384. The van der Waals surface area contributed by atoms with Crippen LogP contribution in [0.4, 0.5) is 0 Å². The summed E-state index contributed by atoms with van der Waals surface area (Å²) in [4.78, 5) is 12.0. The van der Waals surface area contributed by atoms with Crippen LogP contribution in [0.25, 0.3) is 0 Å². The molecule has 1 fully saturated rings. The summed E-state index contributed by atoms with van der Waals surface area (Å²) in [6.45, 7) is 2.42. The molecule has 1 aliphatic rings. The highest BCUT2D eigenvalue weighted by molar-refractivity contribution is 5.82. The van der Waals surface area contributed by atoms with Crippen LogP contribution >= 0.6 is 0 Å². The molecule has 0 aliphatic carbocycles. The zero-order valence-electron chi connectivity index (χ0n) is 11.5. The van der Waals surface area contributed by atoms with E-state index in [2.05, 4.69) is 10.6 Å². The fourth-order valence-corrected chi connectivity index (χ4v) is 2.35. The SMILES string of the molecule is O=C(NCC(CCO)c1ccccc1)C1COCCN1. The van der Waals surface area contributed by atoms with Crippen LogP contribution < -0.4 is 10.6 Å². The summed E-state index contributed by atoms with van der Waals surface area (Å²) in [7, 11) is 0. The highest BCUT2D eigenvalue weighted by atomic mass is 16.5. The van der Waals surface area contributed by atoms with Crippen LogP contribution in [-0.2, 0) is 9.53 Å². The summed E-state index contributed by atoms with van der Waals surface area (Å²) < 4.78 is 5.28. The molecule has 1 aromatic rings. The number of morpholine rings is 1. The van der Waals surface area contributed by atoms with Gasteiger partial charge in [0.2, 0.25) is 5.91 Å². The number of hydrogen-bond donors (Lipinski definition) is 3. The first kappa shape index (κ1) is 15.0. The fraction of sp³-hybridized carbons (Fsp3) is 0.533. The third-order valence-electron chi connectivity index (χ3n) is 3.51. The number of carbonyl (C=O) groups is 1. The average Bonchev–Trinajstić information content (AvgIpc) is 2.53. The lowest BCUT2D eigenvalue weighted by atomic mass is 9.96. The minimum Gasteiger partial charge on any atom is -0.396 e. The molecule has 0 aromatic heterocycles. The van der Waals surface area contributed by atoms with Gasteiger partial charge in [0.05, 0.1) is 13.2 Å². The molecule has 1 aromatic carbocycles. The molecule has 1 saturated heterocycles. The summed E-state index contributed by atoms with van der Waals surface area (Å²) in [6, 6.07) is 9.68. The van der Waals surface area contributed by atoms with E-state index < -0.39 is 0 Å². The van der Waals surface area contributed by atoms with E-state index in [0.29, 0.717) is 32.7 Å². The van der Waals surface area contributed by atoms with Crippen molar-refractivity contribution < 1.29 is 14.6 Å². The van der Waals surface area contributed by atoms with Crippen molar-refractivity contribution in [2.75, 3.05) is 32.9 Å². The third-order valence-corrected chi connectivity index (χ3v) is 3.51. The van der Waals surface area contributed by atoms with Crippen molar-refractivity contribution in [1.29, 1.82) is 0 Å². The summed E-state index contributed by atoms with van der Waals surface area (Å²) in [5.74, 6) is 0.0956. The van der Waals surface area contributed by atoms with Crippen molar-refractivity contribution in [1.82, 2.24) is 10.6 Å². The monoisotopic (exact) mass is 278 g/mol. The maximum absolute atomic E-state index is 12.0. The van der Waals surface area contributed by atoms with Crippen molar-refractivity contribution in [2.45, 2.75) is 18.4 Å². The second-order valence-corrected chi connectivity index (χ2v) is 4.95. The number of aliphatic hydroxyl groups excluding tert-OH is 1. The van der Waals surface area contributed by atoms with Gasteiger partial charge in [-0.1, -0.05) is 30.3 Å². The van der Waals surface area contributed by atoms with E-state index >= 15 is 0 Å². The van der Waals surface area contributed by atoms with Gasteiger partial charge in [0.15, 0.2) is 0 Å². The smallest absolute Gasteiger partial charge is 0.239 e. The van der Waals surface area contributed by atoms with E-state index in [9.17, 15) is 4.79 Å². The Labute approximate surface area is 119 Å². The van der Waals surface area contributed by atoms with Crippen LogP contribution in [0.15, 0.2) is 30.3 Å². The van der Waals surface area contributed by atoms with Crippen molar-refractivity contribution in [2.24, 2.45) is 0 Å². The van der Waals surface area contributed by atoms with E-state index in [1.807, 2.05) is 30.3 Å². The third kappa shape index (κ3) is 4.30. The van der Waals surface area contributed by atoms with Crippen LogP contribution in [0.5, 0.6) is 0 Å². The number of rotatable bonds is 6. The van der Waals surface area contributed by atoms with Crippen LogP contribution in [0, 0.1) is 0 Å². The number of amides is 1. The lowest BCUT2D eigenvalue weighted by Crippen LogP contribution is -2.51. The Kier molecular flexibility index (Phi) is 5.98. The molecule has 2 atom stereocenters. The van der Waals surface area contributed by atoms with Gasteiger partial charge < -0.3 is 20.5 Å². The number of nitrogens with one attached hydrogen (secondary N) is 2. The predicted molar refractivity (Wildman–Crippen MR) is 76.5 cm³/mol. The Bertz CT molecular complexity index is 405. The lowest BCUT2D eigenvalue weighted by molar-refractivity contribution is -0.126. The van der Waals surface area contributed by atoms with E-state index in [0.717, 1.165) is 5.56 Å². The zero-order chi connectivity index (χ0) is 14.2. The Morgan fingerprint density at radius 2 is 2.25 bits per heavy atom. The lowest BCUT2D eigenvalue weighted by Gasteiger charge is -2.24. The van der Waals surface area contributed by atoms with E-state index in [-0.39, 0.29) is 24.5 Å². The number of hydrogen-bond acceptors (Lipinski definition) is 4. The second kappa shape index (κ2) is 7.99. The molecule has 5 nitrogen and oxygen atoms in total. The molecule has 2 unspecified atom stereocenters. The molecule has 5 heteroatoms. The van der Waals surface area contributed by atoms with Gasteiger partial charge in [-0.15, -0.1) is 0 Å². The Morgan fingerprint density at radius 3 is 2.90 bits per heavy atom. The standard InChI is InChI=1S/C15H22N2O3/c18-8-6-13(12-4-2-1-3-5-12)10-17-15(19)14-11-20-9-7-16-14/h1-5,13-14,16,18H,6-11H2,(H,17,19). The van der Waals surface area contributed by atoms with Crippen LogP contribution in [0.1, 0.15) is 17.9 Å². The van der Waals surface area contributed by atoms with Crippen LogP contribution in [0.3, 0.4) is 0 Å². The molecule has 1 amide bonds. The summed E-state index contributed by atoms with van der Waals surface area (Å²) in [6.07, 6.45) is 0.638. The summed E-state index contributed by atoms with van der Waals surface area (Å²) in [5.41, 5.74) is 1.13. The fourth-order valence-electron chi connectivity index (χ4n) is 2.35. The molecule has 1 aliphatic heterocycles. The first-order valence-electron chi connectivity index (χ1n) is 7.06. The Morgan fingerprint density at radius 1 is 1.45 bits per heavy atom. The van der Waals surface area contributed by atoms with Crippen molar-refractivity contribution >= 4 is 5.91 Å². The maximum atomic E-state index is 12.0. The second-order valence-electron chi connectivity index (χ2n) is 4.95. The highest BCUT2D eigenvalue weighted by Crippen LogP contribution is 2.18. The van der Waals surface area contributed by atoms with Gasteiger partial charge in [-0.05, 0) is 12.0 Å². The molecular formula is C15H22N2O3. The highest BCUT2D eigenvalue weighted by Gasteiger charge is 2.22. The average molecular weight is 278 g/mol. The van der Waals surface area contributed by atoms with Gasteiger partial charge in [0, 0.05) is 25.6 Å². The molecule has 0 radical (unpaired) electrons. The van der Waals surface area contributed by atoms with Gasteiger partial charge in [-0.25, -0.2) is 0 Å². The molecule has 0 bridgehead atoms. The summed E-state index contributed by atoms with van der Waals surface area (Å²) >= 11 is 0. The van der Waals surface area contributed by atoms with E-state index in [1.165, 1.54) is 0 Å². The summed E-state index contributed by atoms with van der Waals surface area (Å²) in [5, 5.41) is 15.2. The molecular weight excluding hydrogens is 256 g/mol. The van der Waals surface area contributed by atoms with Gasteiger partial charge >= 0.3 is 0 Å². The van der Waals surface area contributed by atoms with Gasteiger partial charge in [0.25, 0.3) is 0 Å². The predicted octanol–water partition coefficient (Wildman–Crippen LogP) is 0.257. The first-order chi connectivity index (χ1) is 9.81. The van der Waals surface area contributed by atoms with Gasteiger partial charge in [-0.2, -0.15) is 0 Å². The van der Waals surface area contributed by atoms with Crippen LogP contribution in [-0.4, -0.2) is 50.0 Å². The molecule has 0 spiro atoms. The first-order valence-corrected chi connectivity index (χ1v) is 7.06. The van der Waals surface area contributed by atoms with Gasteiger partial charge in [-0.3, -0.25) is 4.79 Å². The molecule has 3 N–H and O–H groups in total. The Balaban J connectivity index is 1.87. The molecule has 0 saturated carbocycles. The largest absolute Gasteiger partial charge is 0.396 e. The quantitative estimate of drug-likeness (QED) is 0.698. The normalized spacial score (nSPS) is 20.4. The number of carbonyl (C=O) groups excluding carboxylic acids is 1. The van der Waals surface area contributed by atoms with Crippen molar-refractivity contribution in [3.63, 3.8) is 0 Å². The molecule has 2 rings (SSSR count).